The van der Waals surface area contributed by atoms with Crippen LogP contribution in [0, 0.1) is 0 Å². The minimum absolute atomic E-state index is 0.319. The minimum atomic E-state index is -4.31. The quantitative estimate of drug-likeness (QED) is 0.922. The van der Waals surface area contributed by atoms with Crippen molar-refractivity contribution in [2.45, 2.75) is 19.1 Å². The first-order chi connectivity index (χ1) is 9.52. The van der Waals surface area contributed by atoms with E-state index in [2.05, 4.69) is 5.32 Å². The van der Waals surface area contributed by atoms with Gasteiger partial charge in [-0.15, -0.1) is 0 Å². The van der Waals surface area contributed by atoms with Crippen LogP contribution in [0.1, 0.15) is 17.5 Å². The molecular formula is C14H19F3N2S. The Hall–Kier alpha value is -0.880. The van der Waals surface area contributed by atoms with E-state index in [1.54, 1.807) is 30.9 Å². The maximum Gasteiger partial charge on any atom is 0.418 e. The Morgan fingerprint density at radius 2 is 2.05 bits per heavy atom. The summed E-state index contributed by atoms with van der Waals surface area (Å²) in [4.78, 5) is 1.87. The van der Waals surface area contributed by atoms with Gasteiger partial charge in [0.2, 0.25) is 0 Å². The summed E-state index contributed by atoms with van der Waals surface area (Å²) in [5, 5.41) is 2.89. The number of alkyl halides is 3. The topological polar surface area (TPSA) is 15.3 Å². The lowest BCUT2D eigenvalue weighted by Crippen LogP contribution is -2.28. The Labute approximate surface area is 121 Å². The Morgan fingerprint density at radius 3 is 2.75 bits per heavy atom. The molecule has 0 bridgehead atoms. The molecule has 20 heavy (non-hydrogen) atoms. The Bertz CT molecular complexity index is 441. The first-order valence-corrected chi connectivity index (χ1v) is 7.85. The molecule has 1 saturated heterocycles. The highest BCUT2D eigenvalue weighted by Gasteiger charge is 2.35. The lowest BCUT2D eigenvalue weighted by atomic mass is 10.1. The van der Waals surface area contributed by atoms with Crippen LogP contribution >= 0.6 is 11.8 Å². The minimum Gasteiger partial charge on any atom is -0.370 e. The van der Waals surface area contributed by atoms with E-state index in [0.717, 1.165) is 17.9 Å². The fourth-order valence-electron chi connectivity index (χ4n) is 2.39. The average molecular weight is 304 g/mol. The monoisotopic (exact) mass is 304 g/mol. The number of halogens is 3. The Balaban J connectivity index is 2.35. The van der Waals surface area contributed by atoms with Crippen molar-refractivity contribution in [1.29, 1.82) is 0 Å². The molecule has 1 aliphatic rings. The van der Waals surface area contributed by atoms with Crippen molar-refractivity contribution >= 4 is 17.4 Å². The molecule has 6 heteroatoms. The van der Waals surface area contributed by atoms with Crippen LogP contribution in [0.5, 0.6) is 0 Å². The molecule has 112 valence electrons. The van der Waals surface area contributed by atoms with Gasteiger partial charge in [0, 0.05) is 31.1 Å². The van der Waals surface area contributed by atoms with Crippen LogP contribution < -0.4 is 10.2 Å². The second-order valence-corrected chi connectivity index (χ2v) is 6.06. The van der Waals surface area contributed by atoms with Gasteiger partial charge in [-0.05, 0) is 36.9 Å². The van der Waals surface area contributed by atoms with Crippen molar-refractivity contribution in [2.75, 3.05) is 36.5 Å². The summed E-state index contributed by atoms with van der Waals surface area (Å²) in [5.41, 5.74) is 0.463. The molecule has 1 heterocycles. The number of rotatable bonds is 3. The lowest BCUT2D eigenvalue weighted by Gasteiger charge is -2.26. The van der Waals surface area contributed by atoms with Gasteiger partial charge in [0.05, 0.1) is 5.56 Å². The Kier molecular flexibility index (Phi) is 5.21. The van der Waals surface area contributed by atoms with Gasteiger partial charge in [0.25, 0.3) is 0 Å². The van der Waals surface area contributed by atoms with Gasteiger partial charge < -0.3 is 10.2 Å². The smallest absolute Gasteiger partial charge is 0.370 e. The SMILES string of the molecule is CNCc1ccc(N2CCCSCC2)c(C(F)(F)F)c1. The van der Waals surface area contributed by atoms with Gasteiger partial charge in [-0.3, -0.25) is 0 Å². The third-order valence-corrected chi connectivity index (χ3v) is 4.36. The molecule has 0 amide bonds. The molecule has 1 N–H and O–H groups in total. The molecule has 0 unspecified atom stereocenters. The normalized spacial score (nSPS) is 17.1. The van der Waals surface area contributed by atoms with E-state index in [1.807, 2.05) is 4.90 Å². The molecule has 1 fully saturated rings. The summed E-state index contributed by atoms with van der Waals surface area (Å²) in [6.07, 6.45) is -3.38. The zero-order valence-corrected chi connectivity index (χ0v) is 12.3. The summed E-state index contributed by atoms with van der Waals surface area (Å²) in [7, 11) is 1.73. The number of hydrogen-bond acceptors (Lipinski definition) is 3. The third kappa shape index (κ3) is 3.82. The van der Waals surface area contributed by atoms with Gasteiger partial charge in [-0.1, -0.05) is 6.07 Å². The summed E-state index contributed by atoms with van der Waals surface area (Å²) in [5.74, 6) is 1.91. The maximum atomic E-state index is 13.3. The van der Waals surface area contributed by atoms with Gasteiger partial charge in [-0.2, -0.15) is 24.9 Å². The van der Waals surface area contributed by atoms with Crippen LogP contribution in [0.2, 0.25) is 0 Å². The maximum absolute atomic E-state index is 13.3. The zero-order valence-electron chi connectivity index (χ0n) is 11.5. The molecule has 0 saturated carbocycles. The first-order valence-electron chi connectivity index (χ1n) is 6.70. The predicted octanol–water partition coefficient (Wildman–Crippen LogP) is 3.37. The Morgan fingerprint density at radius 1 is 1.25 bits per heavy atom. The van der Waals surface area contributed by atoms with Crippen molar-refractivity contribution in [1.82, 2.24) is 5.32 Å². The van der Waals surface area contributed by atoms with Gasteiger partial charge >= 0.3 is 6.18 Å². The summed E-state index contributed by atoms with van der Waals surface area (Å²) >= 11 is 1.81. The molecule has 2 nitrogen and oxygen atoms in total. The standard InChI is InChI=1S/C14H19F3N2S/c1-18-10-11-3-4-13(12(9-11)14(15,16)17)19-5-2-7-20-8-6-19/h3-4,9,18H,2,5-8,10H2,1H3. The highest BCUT2D eigenvalue weighted by Crippen LogP contribution is 2.37. The van der Waals surface area contributed by atoms with Crippen molar-refractivity contribution < 1.29 is 13.2 Å². The largest absolute Gasteiger partial charge is 0.418 e. The number of thioether (sulfide) groups is 1. The number of nitrogens with zero attached hydrogens (tertiary/aromatic N) is 1. The second kappa shape index (κ2) is 6.72. The second-order valence-electron chi connectivity index (χ2n) is 4.83. The van der Waals surface area contributed by atoms with Crippen molar-refractivity contribution in [3.8, 4) is 0 Å². The van der Waals surface area contributed by atoms with E-state index in [9.17, 15) is 13.2 Å². The number of hydrogen-bond donors (Lipinski definition) is 1. The predicted molar refractivity (Wildman–Crippen MR) is 78.4 cm³/mol. The molecule has 1 aromatic carbocycles. The zero-order chi connectivity index (χ0) is 14.6. The van der Waals surface area contributed by atoms with E-state index in [4.69, 9.17) is 0 Å². The molecular weight excluding hydrogens is 285 g/mol. The average Bonchev–Trinajstić information content (AvgIpc) is 2.67. The highest BCUT2D eigenvalue weighted by molar-refractivity contribution is 7.99. The molecule has 1 aromatic rings. The summed E-state index contributed by atoms with van der Waals surface area (Å²) in [6, 6.07) is 4.66. The van der Waals surface area contributed by atoms with E-state index < -0.39 is 11.7 Å². The van der Waals surface area contributed by atoms with E-state index in [-0.39, 0.29) is 0 Å². The molecule has 2 rings (SSSR count). The van der Waals surface area contributed by atoms with Gasteiger partial charge in [0.15, 0.2) is 0 Å². The van der Waals surface area contributed by atoms with Gasteiger partial charge in [-0.25, -0.2) is 0 Å². The molecule has 0 spiro atoms. The van der Waals surface area contributed by atoms with E-state index in [0.29, 0.717) is 30.9 Å². The molecule has 0 aliphatic carbocycles. The van der Waals surface area contributed by atoms with Crippen molar-refractivity contribution in [3.63, 3.8) is 0 Å². The van der Waals surface area contributed by atoms with Crippen molar-refractivity contribution in [2.24, 2.45) is 0 Å². The van der Waals surface area contributed by atoms with Crippen LogP contribution in [0.15, 0.2) is 18.2 Å². The lowest BCUT2D eigenvalue weighted by molar-refractivity contribution is -0.137. The number of benzene rings is 1. The van der Waals surface area contributed by atoms with E-state index in [1.165, 1.54) is 6.07 Å². The van der Waals surface area contributed by atoms with Crippen LogP contribution in [0.25, 0.3) is 0 Å². The number of anilines is 1. The molecule has 0 atom stereocenters. The van der Waals surface area contributed by atoms with Gasteiger partial charge in [0.1, 0.15) is 0 Å². The first kappa shape index (κ1) is 15.5. The van der Waals surface area contributed by atoms with E-state index >= 15 is 0 Å². The van der Waals surface area contributed by atoms with Crippen molar-refractivity contribution in [3.05, 3.63) is 29.3 Å². The van der Waals surface area contributed by atoms with Crippen LogP contribution in [-0.4, -0.2) is 31.6 Å². The molecule has 0 radical (unpaired) electrons. The van der Waals surface area contributed by atoms with Crippen LogP contribution in [0.3, 0.4) is 0 Å². The molecule has 1 aliphatic heterocycles. The fraction of sp³-hybridized carbons (Fsp3) is 0.571. The summed E-state index contributed by atoms with van der Waals surface area (Å²) in [6.45, 7) is 1.82. The fourth-order valence-corrected chi connectivity index (χ4v) is 3.27. The summed E-state index contributed by atoms with van der Waals surface area (Å²) < 4.78 is 39.8. The highest BCUT2D eigenvalue weighted by atomic mass is 32.2. The number of nitrogens with one attached hydrogen (secondary N) is 1. The third-order valence-electron chi connectivity index (χ3n) is 3.31. The van der Waals surface area contributed by atoms with Crippen LogP contribution in [0.4, 0.5) is 18.9 Å². The molecule has 0 aromatic heterocycles. The van der Waals surface area contributed by atoms with Crippen LogP contribution in [-0.2, 0) is 12.7 Å².